The van der Waals surface area contributed by atoms with Crippen molar-refractivity contribution in [2.24, 2.45) is 17.6 Å². The molecule has 0 fully saturated rings. The van der Waals surface area contributed by atoms with Crippen LogP contribution in [-0.4, -0.2) is 30.1 Å². The maximum atomic E-state index is 5.99. The van der Waals surface area contributed by atoms with Gasteiger partial charge in [-0.3, -0.25) is 4.90 Å². The van der Waals surface area contributed by atoms with E-state index >= 15 is 0 Å². The fourth-order valence-corrected chi connectivity index (χ4v) is 1.98. The van der Waals surface area contributed by atoms with Crippen molar-refractivity contribution in [1.82, 2.24) is 4.90 Å². The molecule has 1 atom stereocenters. The van der Waals surface area contributed by atoms with Crippen LogP contribution in [0.1, 0.15) is 60.8 Å². The van der Waals surface area contributed by atoms with Crippen LogP contribution in [0.5, 0.6) is 0 Å². The van der Waals surface area contributed by atoms with E-state index in [0.717, 1.165) is 24.8 Å². The minimum absolute atomic E-state index is 0.184. The summed E-state index contributed by atoms with van der Waals surface area (Å²) in [5.74, 6) is 1.55. The molecule has 0 aromatic carbocycles. The van der Waals surface area contributed by atoms with Crippen molar-refractivity contribution in [3.05, 3.63) is 0 Å². The summed E-state index contributed by atoms with van der Waals surface area (Å²) < 4.78 is 0. The van der Waals surface area contributed by atoms with Gasteiger partial charge in [0.05, 0.1) is 0 Å². The lowest BCUT2D eigenvalue weighted by atomic mass is 9.94. The number of rotatable bonds is 9. The van der Waals surface area contributed by atoms with Crippen LogP contribution in [0, 0.1) is 11.8 Å². The molecule has 0 aromatic heterocycles. The van der Waals surface area contributed by atoms with E-state index in [-0.39, 0.29) is 5.54 Å². The maximum Gasteiger partial charge on any atom is 0.0300 e. The zero-order valence-electron chi connectivity index (χ0n) is 12.9. The SMILES string of the molecule is CCC(C)(CN)N(CCC(C)C)CCC(C)C. The predicted octanol–water partition coefficient (Wildman–Crippen LogP) is 3.51. The average molecular weight is 242 g/mol. The van der Waals surface area contributed by atoms with Crippen molar-refractivity contribution in [3.63, 3.8) is 0 Å². The summed E-state index contributed by atoms with van der Waals surface area (Å²) in [6, 6.07) is 0. The van der Waals surface area contributed by atoms with Crippen molar-refractivity contribution in [3.8, 4) is 0 Å². The molecule has 0 amide bonds. The molecule has 0 aliphatic heterocycles. The molecular formula is C15H34N2. The fraction of sp³-hybridized carbons (Fsp3) is 1.00. The number of nitrogens with zero attached hydrogens (tertiary/aromatic N) is 1. The van der Waals surface area contributed by atoms with Gasteiger partial charge in [-0.2, -0.15) is 0 Å². The molecule has 0 saturated carbocycles. The fourth-order valence-electron chi connectivity index (χ4n) is 1.98. The predicted molar refractivity (Wildman–Crippen MR) is 78.2 cm³/mol. The topological polar surface area (TPSA) is 29.3 Å². The Morgan fingerprint density at radius 3 is 1.65 bits per heavy atom. The summed E-state index contributed by atoms with van der Waals surface area (Å²) in [5, 5.41) is 0. The molecule has 2 heteroatoms. The van der Waals surface area contributed by atoms with Crippen LogP contribution in [0.4, 0.5) is 0 Å². The minimum Gasteiger partial charge on any atom is -0.329 e. The van der Waals surface area contributed by atoms with Crippen molar-refractivity contribution < 1.29 is 0 Å². The van der Waals surface area contributed by atoms with Gasteiger partial charge in [0.15, 0.2) is 0 Å². The highest BCUT2D eigenvalue weighted by atomic mass is 15.2. The molecule has 0 spiro atoms. The smallest absolute Gasteiger partial charge is 0.0300 e. The summed E-state index contributed by atoms with van der Waals surface area (Å²) in [6.45, 7) is 16.9. The van der Waals surface area contributed by atoms with Gasteiger partial charge in [-0.15, -0.1) is 0 Å². The Bertz CT molecular complexity index is 171. The molecule has 104 valence electrons. The van der Waals surface area contributed by atoms with Gasteiger partial charge in [0.25, 0.3) is 0 Å². The van der Waals surface area contributed by atoms with Gasteiger partial charge in [0.2, 0.25) is 0 Å². The van der Waals surface area contributed by atoms with E-state index < -0.39 is 0 Å². The Kier molecular flexibility index (Phi) is 8.06. The van der Waals surface area contributed by atoms with E-state index in [1.54, 1.807) is 0 Å². The first-order valence-electron chi connectivity index (χ1n) is 7.30. The summed E-state index contributed by atoms with van der Waals surface area (Å²) in [4.78, 5) is 2.62. The third-order valence-electron chi connectivity index (χ3n) is 3.92. The summed E-state index contributed by atoms with van der Waals surface area (Å²) >= 11 is 0. The molecule has 0 radical (unpaired) electrons. The first-order chi connectivity index (χ1) is 7.85. The molecule has 0 saturated heterocycles. The molecule has 0 aromatic rings. The summed E-state index contributed by atoms with van der Waals surface area (Å²) in [6.07, 6.45) is 3.68. The third-order valence-corrected chi connectivity index (χ3v) is 3.92. The van der Waals surface area contributed by atoms with Gasteiger partial charge in [-0.25, -0.2) is 0 Å². The van der Waals surface area contributed by atoms with Gasteiger partial charge in [-0.05, 0) is 51.1 Å². The van der Waals surface area contributed by atoms with E-state index in [1.165, 1.54) is 25.9 Å². The van der Waals surface area contributed by atoms with E-state index in [4.69, 9.17) is 5.73 Å². The maximum absolute atomic E-state index is 5.99. The van der Waals surface area contributed by atoms with Gasteiger partial charge in [-0.1, -0.05) is 34.6 Å². The Hall–Kier alpha value is -0.0800. The molecule has 2 N–H and O–H groups in total. The monoisotopic (exact) mass is 242 g/mol. The Morgan fingerprint density at radius 2 is 1.41 bits per heavy atom. The third kappa shape index (κ3) is 6.42. The number of nitrogens with two attached hydrogens (primary N) is 1. The standard InChI is InChI=1S/C15H34N2/c1-7-15(6,12-16)17(10-8-13(2)3)11-9-14(4)5/h13-14H,7-12,16H2,1-6H3. The van der Waals surface area contributed by atoms with E-state index in [9.17, 15) is 0 Å². The lowest BCUT2D eigenvalue weighted by Crippen LogP contribution is -2.52. The van der Waals surface area contributed by atoms with E-state index in [2.05, 4.69) is 46.4 Å². The second kappa shape index (κ2) is 8.10. The largest absolute Gasteiger partial charge is 0.329 e. The van der Waals surface area contributed by atoms with Crippen LogP contribution < -0.4 is 5.73 Å². The number of hydrogen-bond donors (Lipinski definition) is 1. The van der Waals surface area contributed by atoms with E-state index in [1.807, 2.05) is 0 Å². The molecule has 0 aliphatic rings. The normalized spacial score (nSPS) is 15.9. The van der Waals surface area contributed by atoms with Gasteiger partial charge >= 0.3 is 0 Å². The van der Waals surface area contributed by atoms with Crippen molar-refractivity contribution in [2.45, 2.75) is 66.3 Å². The second-order valence-corrected chi connectivity index (χ2v) is 6.41. The Morgan fingerprint density at radius 1 is 1.00 bits per heavy atom. The van der Waals surface area contributed by atoms with Crippen LogP contribution in [0.15, 0.2) is 0 Å². The van der Waals surface area contributed by atoms with Gasteiger partial charge < -0.3 is 5.73 Å². The zero-order chi connectivity index (χ0) is 13.5. The van der Waals surface area contributed by atoms with Crippen molar-refractivity contribution >= 4 is 0 Å². The highest BCUT2D eigenvalue weighted by Gasteiger charge is 2.28. The van der Waals surface area contributed by atoms with Gasteiger partial charge in [0.1, 0.15) is 0 Å². The molecule has 0 heterocycles. The second-order valence-electron chi connectivity index (χ2n) is 6.41. The molecule has 0 bridgehead atoms. The molecule has 1 unspecified atom stereocenters. The Labute approximate surface area is 109 Å². The van der Waals surface area contributed by atoms with Crippen molar-refractivity contribution in [1.29, 1.82) is 0 Å². The Balaban J connectivity index is 4.47. The van der Waals surface area contributed by atoms with E-state index in [0.29, 0.717) is 0 Å². The van der Waals surface area contributed by atoms with Crippen LogP contribution >= 0.6 is 0 Å². The molecule has 2 nitrogen and oxygen atoms in total. The number of hydrogen-bond acceptors (Lipinski definition) is 2. The van der Waals surface area contributed by atoms with Gasteiger partial charge in [0, 0.05) is 12.1 Å². The van der Waals surface area contributed by atoms with Crippen molar-refractivity contribution in [2.75, 3.05) is 19.6 Å². The highest BCUT2D eigenvalue weighted by molar-refractivity contribution is 4.86. The minimum atomic E-state index is 0.184. The highest BCUT2D eigenvalue weighted by Crippen LogP contribution is 2.21. The first kappa shape index (κ1) is 16.9. The summed E-state index contributed by atoms with van der Waals surface area (Å²) in [5.41, 5.74) is 6.17. The van der Waals surface area contributed by atoms with Crippen LogP contribution in [0.2, 0.25) is 0 Å². The first-order valence-corrected chi connectivity index (χ1v) is 7.30. The van der Waals surface area contributed by atoms with Crippen LogP contribution in [-0.2, 0) is 0 Å². The lowest BCUT2D eigenvalue weighted by molar-refractivity contribution is 0.0939. The lowest BCUT2D eigenvalue weighted by Gasteiger charge is -2.41. The average Bonchev–Trinajstić information content (AvgIpc) is 2.27. The summed E-state index contributed by atoms with van der Waals surface area (Å²) in [7, 11) is 0. The molecule has 0 rings (SSSR count). The molecular weight excluding hydrogens is 208 g/mol. The zero-order valence-corrected chi connectivity index (χ0v) is 12.9. The van der Waals surface area contributed by atoms with Crippen LogP contribution in [0.25, 0.3) is 0 Å². The molecule has 0 aliphatic carbocycles. The quantitative estimate of drug-likeness (QED) is 0.670. The molecule has 17 heavy (non-hydrogen) atoms. The van der Waals surface area contributed by atoms with Crippen LogP contribution in [0.3, 0.4) is 0 Å².